The third-order valence-electron chi connectivity index (χ3n) is 3.03. The van der Waals surface area contributed by atoms with Crippen molar-refractivity contribution in [2.45, 2.75) is 12.8 Å². The molecule has 1 aliphatic heterocycles. The Labute approximate surface area is 119 Å². The fourth-order valence-corrected chi connectivity index (χ4v) is 2.04. The number of anilines is 1. The van der Waals surface area contributed by atoms with E-state index in [1.807, 2.05) is 0 Å². The van der Waals surface area contributed by atoms with Crippen LogP contribution in [0.1, 0.15) is 22.5 Å². The third-order valence-corrected chi connectivity index (χ3v) is 3.03. The molecule has 0 unspecified atom stereocenters. The van der Waals surface area contributed by atoms with E-state index in [-0.39, 0.29) is 17.5 Å². The average Bonchev–Trinajstić information content (AvgIpc) is 2.48. The number of benzene rings is 1. The minimum Gasteiger partial charge on any atom is -0.476 e. The molecule has 1 aliphatic rings. The summed E-state index contributed by atoms with van der Waals surface area (Å²) in [6.45, 7) is 0. The molecule has 3 rings (SSSR count). The van der Waals surface area contributed by atoms with Gasteiger partial charge in [-0.3, -0.25) is 9.78 Å². The Kier molecular flexibility index (Phi) is 3.23. The first-order valence-electron chi connectivity index (χ1n) is 6.28. The number of fused-ring (bicyclic) bond motifs is 1. The van der Waals surface area contributed by atoms with E-state index >= 15 is 0 Å². The summed E-state index contributed by atoms with van der Waals surface area (Å²) in [7, 11) is 0. The van der Waals surface area contributed by atoms with Gasteiger partial charge in [0.2, 0.25) is 11.8 Å². The van der Waals surface area contributed by atoms with Crippen LogP contribution >= 0.6 is 0 Å². The summed E-state index contributed by atoms with van der Waals surface area (Å²) < 4.78 is 5.51. The van der Waals surface area contributed by atoms with E-state index in [0.717, 1.165) is 17.4 Å². The third kappa shape index (κ3) is 2.81. The van der Waals surface area contributed by atoms with Crippen LogP contribution in [0, 0.1) is 0 Å². The fraction of sp³-hybridized carbons (Fsp3) is 0.143. The van der Waals surface area contributed by atoms with Crippen LogP contribution in [0.4, 0.5) is 5.69 Å². The second-order valence-corrected chi connectivity index (χ2v) is 4.52. The highest BCUT2D eigenvalue weighted by molar-refractivity contribution is 5.94. The number of hydrogen-bond acceptors (Lipinski definition) is 5. The van der Waals surface area contributed by atoms with Crippen molar-refractivity contribution in [3.63, 3.8) is 0 Å². The van der Waals surface area contributed by atoms with Crippen LogP contribution in [0.15, 0.2) is 30.6 Å². The lowest BCUT2D eigenvalue weighted by Gasteiger charge is -2.17. The Balaban J connectivity index is 1.84. The molecular weight excluding hydrogens is 274 g/mol. The number of aryl methyl sites for hydroxylation is 1. The van der Waals surface area contributed by atoms with Gasteiger partial charge in [-0.25, -0.2) is 9.78 Å². The Hall–Kier alpha value is -2.96. The molecule has 1 amide bonds. The first-order valence-corrected chi connectivity index (χ1v) is 6.28. The number of aromatic nitrogens is 2. The summed E-state index contributed by atoms with van der Waals surface area (Å²) in [6, 6.07) is 5.22. The first kappa shape index (κ1) is 13.0. The standard InChI is InChI=1S/C14H11N3O4/c18-12-4-1-8-5-9(2-3-10(8)16-12)21-13-7-15-6-11(17-13)14(19)20/h2-3,5-7H,1,4H2,(H,16,18)(H,19,20). The van der Waals surface area contributed by atoms with Gasteiger partial charge in [-0.1, -0.05) is 0 Å². The van der Waals surface area contributed by atoms with E-state index in [0.29, 0.717) is 18.6 Å². The number of carboxylic acids is 1. The van der Waals surface area contributed by atoms with Gasteiger partial charge in [0.25, 0.3) is 0 Å². The molecule has 7 nitrogen and oxygen atoms in total. The lowest BCUT2D eigenvalue weighted by Crippen LogP contribution is -2.18. The Morgan fingerprint density at radius 2 is 2.14 bits per heavy atom. The van der Waals surface area contributed by atoms with Crippen LogP contribution < -0.4 is 10.1 Å². The lowest BCUT2D eigenvalue weighted by atomic mass is 10.0. The minimum atomic E-state index is -1.17. The van der Waals surface area contributed by atoms with E-state index in [1.54, 1.807) is 18.2 Å². The van der Waals surface area contributed by atoms with Gasteiger partial charge in [0, 0.05) is 12.1 Å². The summed E-state index contributed by atoms with van der Waals surface area (Å²) in [5.41, 5.74) is 1.55. The zero-order chi connectivity index (χ0) is 14.8. The topological polar surface area (TPSA) is 101 Å². The van der Waals surface area contributed by atoms with E-state index in [9.17, 15) is 9.59 Å². The van der Waals surface area contributed by atoms with Crippen LogP contribution in [0.3, 0.4) is 0 Å². The summed E-state index contributed by atoms with van der Waals surface area (Å²) >= 11 is 0. The molecule has 0 spiro atoms. The number of carbonyl (C=O) groups is 2. The van der Waals surface area contributed by atoms with Gasteiger partial charge >= 0.3 is 5.97 Å². The molecule has 1 aromatic carbocycles. The normalized spacial score (nSPS) is 13.2. The van der Waals surface area contributed by atoms with Crippen molar-refractivity contribution in [1.29, 1.82) is 0 Å². The van der Waals surface area contributed by atoms with Gasteiger partial charge in [0.05, 0.1) is 12.4 Å². The van der Waals surface area contributed by atoms with Crippen molar-refractivity contribution in [2.24, 2.45) is 0 Å². The Morgan fingerprint density at radius 3 is 2.95 bits per heavy atom. The number of amides is 1. The van der Waals surface area contributed by atoms with Crippen molar-refractivity contribution in [3.05, 3.63) is 41.9 Å². The van der Waals surface area contributed by atoms with E-state index in [2.05, 4.69) is 15.3 Å². The predicted octanol–water partition coefficient (Wildman–Crippen LogP) is 1.85. The maximum absolute atomic E-state index is 11.3. The minimum absolute atomic E-state index is 0.00352. The highest BCUT2D eigenvalue weighted by Crippen LogP contribution is 2.28. The van der Waals surface area contributed by atoms with E-state index in [4.69, 9.17) is 9.84 Å². The van der Waals surface area contributed by atoms with Crippen LogP contribution in [-0.2, 0) is 11.2 Å². The van der Waals surface area contributed by atoms with Crippen LogP contribution in [0.25, 0.3) is 0 Å². The number of nitrogens with zero attached hydrogens (tertiary/aromatic N) is 2. The van der Waals surface area contributed by atoms with Gasteiger partial charge in [-0.05, 0) is 30.2 Å². The molecule has 1 aromatic heterocycles. The molecule has 0 bridgehead atoms. The lowest BCUT2D eigenvalue weighted by molar-refractivity contribution is -0.116. The van der Waals surface area contributed by atoms with Crippen molar-refractivity contribution in [3.8, 4) is 11.6 Å². The molecule has 21 heavy (non-hydrogen) atoms. The summed E-state index contributed by atoms with van der Waals surface area (Å²) in [6.07, 6.45) is 3.56. The molecule has 0 saturated heterocycles. The van der Waals surface area contributed by atoms with Gasteiger partial charge in [0.15, 0.2) is 5.69 Å². The van der Waals surface area contributed by atoms with Crippen molar-refractivity contribution in [1.82, 2.24) is 9.97 Å². The number of hydrogen-bond donors (Lipinski definition) is 2. The van der Waals surface area contributed by atoms with Gasteiger partial charge < -0.3 is 15.2 Å². The number of ether oxygens (including phenoxy) is 1. The highest BCUT2D eigenvalue weighted by Gasteiger charge is 2.15. The monoisotopic (exact) mass is 285 g/mol. The number of rotatable bonds is 3. The number of carbonyl (C=O) groups excluding carboxylic acids is 1. The van der Waals surface area contributed by atoms with Gasteiger partial charge in [-0.2, -0.15) is 0 Å². The molecular formula is C14H11N3O4. The summed E-state index contributed by atoms with van der Waals surface area (Å²) in [5, 5.41) is 11.6. The zero-order valence-electron chi connectivity index (χ0n) is 10.9. The molecule has 2 heterocycles. The number of aromatic carboxylic acids is 1. The maximum Gasteiger partial charge on any atom is 0.356 e. The fourth-order valence-electron chi connectivity index (χ4n) is 2.04. The SMILES string of the molecule is O=C1CCc2cc(Oc3cncc(C(=O)O)n3)ccc2N1. The molecule has 0 radical (unpaired) electrons. The van der Waals surface area contributed by atoms with Crippen molar-refractivity contribution >= 4 is 17.6 Å². The molecule has 7 heteroatoms. The Bertz CT molecular complexity index is 730. The second-order valence-electron chi connectivity index (χ2n) is 4.52. The second kappa shape index (κ2) is 5.20. The summed E-state index contributed by atoms with van der Waals surface area (Å²) in [4.78, 5) is 29.7. The Morgan fingerprint density at radius 1 is 1.29 bits per heavy atom. The van der Waals surface area contributed by atoms with Crippen LogP contribution in [0.2, 0.25) is 0 Å². The predicted molar refractivity (Wildman–Crippen MR) is 72.5 cm³/mol. The molecule has 0 fully saturated rings. The molecule has 0 saturated carbocycles. The van der Waals surface area contributed by atoms with Gasteiger partial charge in [0.1, 0.15) is 5.75 Å². The highest BCUT2D eigenvalue weighted by atomic mass is 16.5. The number of carboxylic acid groups (broad SMARTS) is 1. The summed E-state index contributed by atoms with van der Waals surface area (Å²) in [5.74, 6) is -0.547. The molecule has 2 N–H and O–H groups in total. The molecule has 0 aliphatic carbocycles. The average molecular weight is 285 g/mol. The first-order chi connectivity index (χ1) is 10.1. The van der Waals surface area contributed by atoms with Crippen molar-refractivity contribution in [2.75, 3.05) is 5.32 Å². The molecule has 2 aromatic rings. The van der Waals surface area contributed by atoms with Crippen LogP contribution in [-0.4, -0.2) is 27.0 Å². The maximum atomic E-state index is 11.3. The van der Waals surface area contributed by atoms with E-state index < -0.39 is 5.97 Å². The largest absolute Gasteiger partial charge is 0.476 e. The quantitative estimate of drug-likeness (QED) is 0.892. The smallest absolute Gasteiger partial charge is 0.356 e. The molecule has 0 atom stereocenters. The number of nitrogens with one attached hydrogen (secondary N) is 1. The van der Waals surface area contributed by atoms with Crippen molar-refractivity contribution < 1.29 is 19.4 Å². The zero-order valence-corrected chi connectivity index (χ0v) is 10.9. The van der Waals surface area contributed by atoms with Crippen LogP contribution in [0.5, 0.6) is 11.6 Å². The van der Waals surface area contributed by atoms with Gasteiger partial charge in [-0.15, -0.1) is 0 Å². The van der Waals surface area contributed by atoms with E-state index in [1.165, 1.54) is 6.20 Å². The molecule has 106 valence electrons.